The van der Waals surface area contributed by atoms with Crippen molar-refractivity contribution in [3.05, 3.63) is 30.3 Å². The van der Waals surface area contributed by atoms with E-state index in [1.165, 1.54) is 30.2 Å². The summed E-state index contributed by atoms with van der Waals surface area (Å²) in [7, 11) is 0. The Balaban J connectivity index is 1.69. The predicted octanol–water partition coefficient (Wildman–Crippen LogP) is 3.96. The molecule has 1 aliphatic carbocycles. The average molecular weight is 261 g/mol. The van der Waals surface area contributed by atoms with E-state index in [0.717, 1.165) is 23.6 Å². The molecule has 1 aromatic heterocycles. The highest BCUT2D eigenvalue weighted by Gasteiger charge is 2.29. The minimum absolute atomic E-state index is 0.444. The van der Waals surface area contributed by atoms with Gasteiger partial charge in [-0.1, -0.05) is 37.5 Å². The largest absolute Gasteiger partial charge is 0.389 e. The second-order valence-electron chi connectivity index (χ2n) is 5.29. The number of benzene rings is 1. The van der Waals surface area contributed by atoms with Crippen LogP contribution < -0.4 is 0 Å². The smallest absolute Gasteiger partial charge is 0.0741 e. The lowest BCUT2D eigenvalue weighted by atomic mass is 9.86. The zero-order valence-corrected chi connectivity index (χ0v) is 11.3. The summed E-state index contributed by atoms with van der Waals surface area (Å²) < 4.78 is 0. The van der Waals surface area contributed by atoms with Crippen molar-refractivity contribution in [1.29, 1.82) is 0 Å². The Morgan fingerprint density at radius 1 is 1.17 bits per heavy atom. The molecule has 1 aromatic carbocycles. The molecule has 3 rings (SSSR count). The van der Waals surface area contributed by atoms with Gasteiger partial charge in [0.15, 0.2) is 0 Å². The van der Waals surface area contributed by atoms with Gasteiger partial charge in [-0.15, -0.1) is 11.8 Å². The normalized spacial score (nSPS) is 19.2. The van der Waals surface area contributed by atoms with Crippen LogP contribution in [0.5, 0.6) is 0 Å². The number of aromatic amines is 1. The van der Waals surface area contributed by atoms with Crippen LogP contribution in [0.25, 0.3) is 10.9 Å². The Bertz CT molecular complexity index is 495. The Morgan fingerprint density at radius 3 is 2.72 bits per heavy atom. The topological polar surface area (TPSA) is 36.0 Å². The number of aliphatic hydroxyl groups is 1. The fourth-order valence-electron chi connectivity index (χ4n) is 2.69. The molecule has 2 N–H and O–H groups in total. The highest BCUT2D eigenvalue weighted by atomic mass is 32.2. The highest BCUT2D eigenvalue weighted by molar-refractivity contribution is 7.99. The number of nitrogens with one attached hydrogen (secondary N) is 1. The van der Waals surface area contributed by atoms with Crippen molar-refractivity contribution in [3.8, 4) is 0 Å². The summed E-state index contributed by atoms with van der Waals surface area (Å²) >= 11 is 1.75. The van der Waals surface area contributed by atoms with Gasteiger partial charge < -0.3 is 10.1 Å². The van der Waals surface area contributed by atoms with Crippen LogP contribution in [0.3, 0.4) is 0 Å². The summed E-state index contributed by atoms with van der Waals surface area (Å²) in [4.78, 5) is 3.40. The molecule has 0 atom stereocenters. The Labute approximate surface area is 112 Å². The fraction of sp³-hybridized carbons (Fsp3) is 0.467. The molecule has 0 spiro atoms. The quantitative estimate of drug-likeness (QED) is 0.821. The van der Waals surface area contributed by atoms with E-state index in [1.807, 2.05) is 6.07 Å². The van der Waals surface area contributed by atoms with E-state index in [-0.39, 0.29) is 0 Å². The Morgan fingerprint density at radius 2 is 1.94 bits per heavy atom. The summed E-state index contributed by atoms with van der Waals surface area (Å²) in [5.41, 5.74) is 0.732. The number of H-pyrrole nitrogens is 1. The molecule has 2 aromatic rings. The van der Waals surface area contributed by atoms with E-state index in [4.69, 9.17) is 0 Å². The lowest BCUT2D eigenvalue weighted by Crippen LogP contribution is -2.33. The summed E-state index contributed by atoms with van der Waals surface area (Å²) in [6.07, 6.45) is 5.54. The zero-order chi connectivity index (χ0) is 12.4. The van der Waals surface area contributed by atoms with E-state index in [1.54, 1.807) is 11.8 Å². The predicted molar refractivity (Wildman–Crippen MR) is 77.1 cm³/mol. The summed E-state index contributed by atoms with van der Waals surface area (Å²) in [5, 5.41) is 12.9. The number of hydrogen-bond acceptors (Lipinski definition) is 2. The van der Waals surface area contributed by atoms with Crippen LogP contribution in [0.2, 0.25) is 0 Å². The molecule has 0 bridgehead atoms. The summed E-state index contributed by atoms with van der Waals surface area (Å²) in [6, 6.07) is 10.5. The van der Waals surface area contributed by atoms with Crippen molar-refractivity contribution in [2.24, 2.45) is 0 Å². The third-order valence-corrected chi connectivity index (χ3v) is 5.00. The van der Waals surface area contributed by atoms with Gasteiger partial charge in [0.2, 0.25) is 0 Å². The Kier molecular flexibility index (Phi) is 3.35. The van der Waals surface area contributed by atoms with Gasteiger partial charge in [-0.3, -0.25) is 0 Å². The highest BCUT2D eigenvalue weighted by Crippen LogP contribution is 2.34. The Hall–Kier alpha value is -0.930. The second-order valence-corrected chi connectivity index (χ2v) is 6.31. The minimum Gasteiger partial charge on any atom is -0.389 e. The molecule has 1 fully saturated rings. The number of hydrogen-bond donors (Lipinski definition) is 2. The van der Waals surface area contributed by atoms with Crippen LogP contribution in [-0.2, 0) is 0 Å². The van der Waals surface area contributed by atoms with Gasteiger partial charge in [-0.25, -0.2) is 0 Å². The molecule has 2 nitrogen and oxygen atoms in total. The molecule has 0 radical (unpaired) electrons. The maximum Gasteiger partial charge on any atom is 0.0741 e. The average Bonchev–Trinajstić information content (AvgIpc) is 2.80. The van der Waals surface area contributed by atoms with Crippen molar-refractivity contribution in [3.63, 3.8) is 0 Å². The van der Waals surface area contributed by atoms with Gasteiger partial charge in [-0.05, 0) is 25.0 Å². The van der Waals surface area contributed by atoms with E-state index in [0.29, 0.717) is 0 Å². The molecule has 3 heteroatoms. The third kappa shape index (κ3) is 2.57. The van der Waals surface area contributed by atoms with Crippen molar-refractivity contribution in [1.82, 2.24) is 4.98 Å². The first-order valence-corrected chi connectivity index (χ1v) is 7.67. The van der Waals surface area contributed by atoms with Gasteiger partial charge >= 0.3 is 0 Å². The van der Waals surface area contributed by atoms with E-state index < -0.39 is 5.60 Å². The molecule has 0 saturated heterocycles. The molecule has 1 aliphatic rings. The van der Waals surface area contributed by atoms with Gasteiger partial charge in [0.05, 0.1) is 10.6 Å². The molecular weight excluding hydrogens is 242 g/mol. The molecular formula is C15H19NOS. The third-order valence-electron chi connectivity index (χ3n) is 3.79. The van der Waals surface area contributed by atoms with Crippen LogP contribution in [-0.4, -0.2) is 21.4 Å². The van der Waals surface area contributed by atoms with Crippen molar-refractivity contribution in [2.45, 2.75) is 42.7 Å². The van der Waals surface area contributed by atoms with Crippen LogP contribution >= 0.6 is 11.8 Å². The van der Waals surface area contributed by atoms with Crippen molar-refractivity contribution < 1.29 is 5.11 Å². The summed E-state index contributed by atoms with van der Waals surface area (Å²) in [6.45, 7) is 0. The number of aromatic nitrogens is 1. The molecule has 0 unspecified atom stereocenters. The van der Waals surface area contributed by atoms with Crippen molar-refractivity contribution >= 4 is 22.7 Å². The molecule has 0 aliphatic heterocycles. The molecule has 96 valence electrons. The van der Waals surface area contributed by atoms with Gasteiger partial charge in [-0.2, -0.15) is 0 Å². The van der Waals surface area contributed by atoms with E-state index >= 15 is 0 Å². The standard InChI is InChI=1S/C15H19NOS/c17-15(8-4-1-5-9-15)11-18-14-10-12-6-2-3-7-13(12)16-14/h2-3,6-7,10,16-17H,1,4-5,8-9,11H2. The van der Waals surface area contributed by atoms with Crippen LogP contribution in [0.1, 0.15) is 32.1 Å². The van der Waals surface area contributed by atoms with Crippen molar-refractivity contribution in [2.75, 3.05) is 5.75 Å². The molecule has 0 amide bonds. The van der Waals surface area contributed by atoms with Crippen LogP contribution in [0, 0.1) is 0 Å². The number of para-hydroxylation sites is 1. The van der Waals surface area contributed by atoms with E-state index in [9.17, 15) is 5.11 Å². The SMILES string of the molecule is OC1(CSc2cc3ccccc3[nH]2)CCCCC1. The first-order valence-electron chi connectivity index (χ1n) is 6.68. The summed E-state index contributed by atoms with van der Waals surface area (Å²) in [5.74, 6) is 0.805. The minimum atomic E-state index is -0.444. The second kappa shape index (κ2) is 4.98. The van der Waals surface area contributed by atoms with Crippen LogP contribution in [0.4, 0.5) is 0 Å². The van der Waals surface area contributed by atoms with Gasteiger partial charge in [0, 0.05) is 16.7 Å². The molecule has 1 saturated carbocycles. The number of rotatable bonds is 3. The number of thioether (sulfide) groups is 1. The monoisotopic (exact) mass is 261 g/mol. The first-order chi connectivity index (χ1) is 8.75. The molecule has 18 heavy (non-hydrogen) atoms. The number of fused-ring (bicyclic) bond motifs is 1. The maximum atomic E-state index is 10.5. The zero-order valence-electron chi connectivity index (χ0n) is 10.5. The fourth-order valence-corrected chi connectivity index (χ4v) is 3.80. The van der Waals surface area contributed by atoms with Gasteiger partial charge in [0.1, 0.15) is 0 Å². The lowest BCUT2D eigenvalue weighted by molar-refractivity contribution is 0.0273. The molecule has 1 heterocycles. The first kappa shape index (κ1) is 12.1. The lowest BCUT2D eigenvalue weighted by Gasteiger charge is -2.31. The van der Waals surface area contributed by atoms with E-state index in [2.05, 4.69) is 29.2 Å². The van der Waals surface area contributed by atoms with Gasteiger partial charge in [0.25, 0.3) is 0 Å². The van der Waals surface area contributed by atoms with Crippen LogP contribution in [0.15, 0.2) is 35.4 Å². The maximum absolute atomic E-state index is 10.5.